The lowest BCUT2D eigenvalue weighted by atomic mass is 9.83. The number of amides is 2. The van der Waals surface area contributed by atoms with Crippen LogP contribution < -0.4 is 15.2 Å². The molecule has 2 N–H and O–H groups in total. The van der Waals surface area contributed by atoms with E-state index in [-0.39, 0.29) is 29.5 Å². The van der Waals surface area contributed by atoms with Crippen molar-refractivity contribution < 1.29 is 27.8 Å². The second kappa shape index (κ2) is 10.5. The quantitative estimate of drug-likeness (QED) is 0.329. The Morgan fingerprint density at radius 2 is 1.81 bits per heavy atom. The van der Waals surface area contributed by atoms with Crippen LogP contribution >= 0.6 is 0 Å². The Hall–Kier alpha value is -4.80. The minimum absolute atomic E-state index is 0.00704. The Kier molecular flexibility index (Phi) is 6.90. The number of methoxy groups -OCH3 is 1. The number of fused-ring (bicyclic) bond motifs is 3. The Labute approximate surface area is 247 Å². The van der Waals surface area contributed by atoms with Crippen LogP contribution in [0.3, 0.4) is 0 Å². The van der Waals surface area contributed by atoms with Crippen LogP contribution in [0, 0.1) is 17.6 Å². The van der Waals surface area contributed by atoms with Gasteiger partial charge in [0.2, 0.25) is 5.91 Å². The molecule has 11 heteroatoms. The number of nitrogens with two attached hydrogens (primary N) is 1. The van der Waals surface area contributed by atoms with E-state index in [0.29, 0.717) is 51.9 Å². The third kappa shape index (κ3) is 4.98. The number of primary amides is 1. The van der Waals surface area contributed by atoms with Gasteiger partial charge in [-0.1, -0.05) is 6.92 Å². The van der Waals surface area contributed by atoms with Crippen molar-refractivity contribution >= 4 is 11.8 Å². The van der Waals surface area contributed by atoms with E-state index in [1.807, 2.05) is 18.7 Å². The van der Waals surface area contributed by atoms with Crippen molar-refractivity contribution in [3.8, 4) is 39.6 Å². The van der Waals surface area contributed by atoms with Crippen LogP contribution in [0.2, 0.25) is 0 Å². The van der Waals surface area contributed by atoms with Crippen molar-refractivity contribution in [2.75, 3.05) is 13.7 Å². The zero-order valence-corrected chi connectivity index (χ0v) is 24.3. The Morgan fingerprint density at radius 1 is 1.07 bits per heavy atom. The van der Waals surface area contributed by atoms with Crippen LogP contribution in [0.15, 0.2) is 48.8 Å². The number of carbonyl (C=O) groups is 2. The van der Waals surface area contributed by atoms with Crippen LogP contribution in [-0.2, 0) is 6.61 Å². The smallest absolute Gasteiger partial charge is 0.275 e. The number of benzene rings is 2. The second-order valence-corrected chi connectivity index (χ2v) is 11.7. The maximum Gasteiger partial charge on any atom is 0.275 e. The highest BCUT2D eigenvalue weighted by molar-refractivity contribution is 5.98. The molecule has 1 saturated heterocycles. The molecule has 222 valence electrons. The van der Waals surface area contributed by atoms with Crippen LogP contribution in [-0.4, -0.2) is 50.7 Å². The van der Waals surface area contributed by atoms with E-state index in [4.69, 9.17) is 20.3 Å². The minimum atomic E-state index is -0.782. The van der Waals surface area contributed by atoms with Crippen molar-refractivity contribution in [2.24, 2.45) is 11.7 Å². The van der Waals surface area contributed by atoms with Gasteiger partial charge in [-0.05, 0) is 56.9 Å². The molecule has 2 aromatic heterocycles. The summed E-state index contributed by atoms with van der Waals surface area (Å²) in [6.45, 7) is 6.80. The van der Waals surface area contributed by atoms with E-state index in [9.17, 15) is 18.4 Å². The normalized spacial score (nSPS) is 17.1. The van der Waals surface area contributed by atoms with E-state index in [1.54, 1.807) is 24.4 Å². The molecule has 9 nitrogen and oxygen atoms in total. The second-order valence-electron chi connectivity index (χ2n) is 11.7. The first-order valence-electron chi connectivity index (χ1n) is 14.0. The molecule has 2 aromatic carbocycles. The SMILES string of the molecule is COc1cc2c(cc1-c1cncc(C(N)=O)c1)-c1c(c(C(=O)N3CCC(C)CC3(C)C)nn1-c1cc(F)cc(F)c1)CO2. The standard InChI is InChI=1S/C32H31F2N5O4/c1-17-5-6-38(32(2,3)13-17)31(41)28-25-16-43-27-12-26(42-4)23(18-7-19(30(35)40)15-36-14-18)11-24(27)29(25)39(37-28)22-9-20(33)8-21(34)10-22/h7-12,14-15,17H,5-6,13,16H2,1-4H3,(H2,35,40). The van der Waals surface area contributed by atoms with Gasteiger partial charge in [0, 0.05) is 58.9 Å². The number of pyridine rings is 1. The monoisotopic (exact) mass is 587 g/mol. The van der Waals surface area contributed by atoms with E-state index >= 15 is 0 Å². The number of hydrogen-bond donors (Lipinski definition) is 1. The topological polar surface area (TPSA) is 113 Å². The lowest BCUT2D eigenvalue weighted by Gasteiger charge is -2.44. The highest BCUT2D eigenvalue weighted by atomic mass is 19.1. The molecule has 0 spiro atoms. The number of nitrogens with zero attached hydrogens (tertiary/aromatic N) is 4. The molecule has 0 saturated carbocycles. The number of aromatic nitrogens is 3. The van der Waals surface area contributed by atoms with Crippen molar-refractivity contribution in [2.45, 2.75) is 45.8 Å². The maximum absolute atomic E-state index is 14.5. The average Bonchev–Trinajstić information content (AvgIpc) is 3.35. The maximum atomic E-state index is 14.5. The summed E-state index contributed by atoms with van der Waals surface area (Å²) in [6.07, 6.45) is 4.62. The lowest BCUT2D eigenvalue weighted by molar-refractivity contribution is 0.0332. The molecule has 1 unspecified atom stereocenters. The number of rotatable bonds is 5. The molecule has 6 rings (SSSR count). The predicted octanol–water partition coefficient (Wildman–Crippen LogP) is 5.53. The van der Waals surface area contributed by atoms with E-state index in [2.05, 4.69) is 11.9 Å². The summed E-state index contributed by atoms with van der Waals surface area (Å²) >= 11 is 0. The molecule has 4 aromatic rings. The van der Waals surface area contributed by atoms with Crippen LogP contribution in [0.5, 0.6) is 11.5 Å². The zero-order valence-electron chi connectivity index (χ0n) is 24.3. The third-order valence-electron chi connectivity index (χ3n) is 8.21. The highest BCUT2D eigenvalue weighted by Crippen LogP contribution is 2.46. The fourth-order valence-electron chi connectivity index (χ4n) is 6.24. The molecule has 4 heterocycles. The largest absolute Gasteiger partial charge is 0.496 e. The van der Waals surface area contributed by atoms with Gasteiger partial charge in [-0.15, -0.1) is 0 Å². The van der Waals surface area contributed by atoms with E-state index in [0.717, 1.165) is 31.0 Å². The van der Waals surface area contributed by atoms with Crippen molar-refractivity contribution in [1.29, 1.82) is 0 Å². The molecule has 1 fully saturated rings. The van der Waals surface area contributed by atoms with Gasteiger partial charge in [-0.2, -0.15) is 5.10 Å². The van der Waals surface area contributed by atoms with Gasteiger partial charge >= 0.3 is 0 Å². The van der Waals surface area contributed by atoms with Gasteiger partial charge in [0.25, 0.3) is 5.91 Å². The van der Waals surface area contributed by atoms with Crippen molar-refractivity contribution in [3.63, 3.8) is 0 Å². The fraction of sp³-hybridized carbons (Fsp3) is 0.312. The summed E-state index contributed by atoms with van der Waals surface area (Å²) in [5.41, 5.74) is 8.14. The first kappa shape index (κ1) is 28.3. The number of likely N-dealkylation sites (tertiary alicyclic amines) is 1. The summed E-state index contributed by atoms with van der Waals surface area (Å²) in [5.74, 6) is -1.15. The molecule has 1 atom stereocenters. The number of ether oxygens (including phenoxy) is 2. The summed E-state index contributed by atoms with van der Waals surface area (Å²) in [6, 6.07) is 8.15. The predicted molar refractivity (Wildman–Crippen MR) is 155 cm³/mol. The Bertz CT molecular complexity index is 1760. The van der Waals surface area contributed by atoms with Gasteiger partial charge in [0.15, 0.2) is 5.69 Å². The number of halogens is 2. The van der Waals surface area contributed by atoms with Gasteiger partial charge in [-0.3, -0.25) is 14.6 Å². The first-order valence-corrected chi connectivity index (χ1v) is 14.0. The van der Waals surface area contributed by atoms with Gasteiger partial charge in [0.05, 0.1) is 24.1 Å². The van der Waals surface area contributed by atoms with Crippen LogP contribution in [0.1, 0.15) is 60.0 Å². The molecule has 0 aliphatic carbocycles. The number of hydrogen-bond acceptors (Lipinski definition) is 6. The highest BCUT2D eigenvalue weighted by Gasteiger charge is 2.40. The van der Waals surface area contributed by atoms with Crippen molar-refractivity contribution in [1.82, 2.24) is 19.7 Å². The van der Waals surface area contributed by atoms with Gasteiger partial charge in [-0.25, -0.2) is 13.5 Å². The van der Waals surface area contributed by atoms with Crippen LogP contribution in [0.4, 0.5) is 8.78 Å². The summed E-state index contributed by atoms with van der Waals surface area (Å²) in [5, 5.41) is 4.69. The van der Waals surface area contributed by atoms with Gasteiger partial charge < -0.3 is 20.1 Å². The lowest BCUT2D eigenvalue weighted by Crippen LogP contribution is -2.52. The molecule has 0 bridgehead atoms. The molecular formula is C32H31F2N5O4. The first-order chi connectivity index (χ1) is 20.5. The minimum Gasteiger partial charge on any atom is -0.496 e. The summed E-state index contributed by atoms with van der Waals surface area (Å²) < 4.78 is 42.2. The average molecular weight is 588 g/mol. The molecule has 43 heavy (non-hydrogen) atoms. The fourth-order valence-corrected chi connectivity index (χ4v) is 6.24. The summed E-state index contributed by atoms with van der Waals surface area (Å²) in [4.78, 5) is 32.0. The molecular weight excluding hydrogens is 556 g/mol. The number of carbonyl (C=O) groups excluding carboxylic acids is 2. The van der Waals surface area contributed by atoms with E-state index < -0.39 is 23.1 Å². The number of piperidine rings is 1. The third-order valence-corrected chi connectivity index (χ3v) is 8.21. The Morgan fingerprint density at radius 3 is 2.49 bits per heavy atom. The molecule has 2 aliphatic heterocycles. The van der Waals surface area contributed by atoms with Gasteiger partial charge in [0.1, 0.15) is 29.7 Å². The van der Waals surface area contributed by atoms with E-state index in [1.165, 1.54) is 18.0 Å². The molecule has 2 amide bonds. The zero-order chi connectivity index (χ0) is 30.6. The van der Waals surface area contributed by atoms with Crippen LogP contribution in [0.25, 0.3) is 28.1 Å². The molecule has 2 aliphatic rings. The van der Waals surface area contributed by atoms with Crippen molar-refractivity contribution in [3.05, 3.63) is 77.2 Å². The summed E-state index contributed by atoms with van der Waals surface area (Å²) in [7, 11) is 1.50. The molecule has 0 radical (unpaired) electrons. The Balaban J connectivity index is 1.58.